The molecule has 1 heterocycles. The molecule has 1 N–H and O–H groups in total. The minimum atomic E-state index is -0.0807. The first-order valence-electron chi connectivity index (χ1n) is 7.29. The van der Waals surface area contributed by atoms with Crippen molar-refractivity contribution in [2.75, 3.05) is 6.61 Å². The fourth-order valence-corrected chi connectivity index (χ4v) is 2.98. The van der Waals surface area contributed by atoms with Gasteiger partial charge < -0.3 is 10.1 Å². The van der Waals surface area contributed by atoms with Crippen LogP contribution in [0.1, 0.15) is 35.5 Å². The molecule has 0 atom stereocenters. The maximum absolute atomic E-state index is 12.1. The van der Waals surface area contributed by atoms with E-state index in [4.69, 9.17) is 4.74 Å². The lowest BCUT2D eigenvalue weighted by atomic mass is 10.1. The van der Waals surface area contributed by atoms with Gasteiger partial charge in [-0.25, -0.2) is 0 Å². The Hall–Kier alpha value is -1.33. The molecule has 5 heteroatoms. The van der Waals surface area contributed by atoms with Crippen molar-refractivity contribution in [1.82, 2.24) is 5.32 Å². The molecule has 0 aliphatic carbocycles. The van der Waals surface area contributed by atoms with Crippen molar-refractivity contribution in [2.24, 2.45) is 5.92 Å². The summed E-state index contributed by atoms with van der Waals surface area (Å²) in [6, 6.07) is 9.41. The normalized spacial score (nSPS) is 10.7. The summed E-state index contributed by atoms with van der Waals surface area (Å²) in [6.45, 7) is 5.57. The molecule has 0 fully saturated rings. The Morgan fingerprint density at radius 1 is 1.36 bits per heavy atom. The summed E-state index contributed by atoms with van der Waals surface area (Å²) < 4.78 is 6.53. The maximum Gasteiger partial charge on any atom is 0.251 e. The first-order valence-corrected chi connectivity index (χ1v) is 8.96. The third-order valence-electron chi connectivity index (χ3n) is 3.15. The molecule has 0 radical (unpaired) electrons. The number of nitrogens with one attached hydrogen (secondary N) is 1. The molecule has 118 valence electrons. The number of halogens is 1. The second-order valence-electron chi connectivity index (χ2n) is 5.44. The minimum absolute atomic E-state index is 0.0807. The molecule has 1 aromatic carbocycles. The first-order chi connectivity index (χ1) is 10.6. The van der Waals surface area contributed by atoms with Crippen molar-refractivity contribution in [3.05, 3.63) is 50.6 Å². The molecule has 0 aliphatic rings. The predicted octanol–water partition coefficient (Wildman–Crippen LogP) is 4.87. The molecular formula is C17H20BrNO2S. The zero-order chi connectivity index (χ0) is 15.9. The summed E-state index contributed by atoms with van der Waals surface area (Å²) in [5.74, 6) is 1.30. The molecule has 22 heavy (non-hydrogen) atoms. The first kappa shape index (κ1) is 17.0. The van der Waals surface area contributed by atoms with E-state index < -0.39 is 0 Å². The molecule has 0 saturated heterocycles. The summed E-state index contributed by atoms with van der Waals surface area (Å²) in [6.07, 6.45) is 1.01. The fraction of sp³-hybridized carbons (Fsp3) is 0.353. The van der Waals surface area contributed by atoms with Crippen molar-refractivity contribution in [2.45, 2.75) is 26.8 Å². The Labute approximate surface area is 143 Å². The van der Waals surface area contributed by atoms with Gasteiger partial charge in [0.2, 0.25) is 0 Å². The SMILES string of the molecule is CC(C)CCOc1ccc(C(=O)NCc2cccs2)cc1Br. The van der Waals surface area contributed by atoms with Gasteiger partial charge in [0.25, 0.3) is 5.91 Å². The molecule has 0 bridgehead atoms. The third-order valence-corrected chi connectivity index (χ3v) is 4.65. The molecule has 0 unspecified atom stereocenters. The molecule has 1 amide bonds. The molecule has 1 aromatic heterocycles. The van der Waals surface area contributed by atoms with E-state index in [-0.39, 0.29) is 5.91 Å². The second-order valence-corrected chi connectivity index (χ2v) is 7.32. The van der Waals surface area contributed by atoms with Crippen LogP contribution < -0.4 is 10.1 Å². The average molecular weight is 382 g/mol. The topological polar surface area (TPSA) is 38.3 Å². The molecular weight excluding hydrogens is 362 g/mol. The molecule has 0 aliphatic heterocycles. The van der Waals surface area contributed by atoms with Gasteiger partial charge in [-0.2, -0.15) is 0 Å². The van der Waals surface area contributed by atoms with Crippen LogP contribution in [0.3, 0.4) is 0 Å². The number of hydrogen-bond donors (Lipinski definition) is 1. The number of carbonyl (C=O) groups is 1. The van der Waals surface area contributed by atoms with Gasteiger partial charge in [-0.05, 0) is 57.9 Å². The zero-order valence-electron chi connectivity index (χ0n) is 12.8. The summed E-state index contributed by atoms with van der Waals surface area (Å²) in [4.78, 5) is 13.3. The van der Waals surface area contributed by atoms with E-state index in [1.807, 2.05) is 23.6 Å². The van der Waals surface area contributed by atoms with E-state index in [0.717, 1.165) is 21.5 Å². The summed E-state index contributed by atoms with van der Waals surface area (Å²) in [7, 11) is 0. The minimum Gasteiger partial charge on any atom is -0.492 e. The largest absolute Gasteiger partial charge is 0.492 e. The van der Waals surface area contributed by atoms with Gasteiger partial charge in [0.15, 0.2) is 0 Å². The Morgan fingerprint density at radius 3 is 2.82 bits per heavy atom. The van der Waals surface area contributed by atoms with Crippen molar-refractivity contribution in [3.63, 3.8) is 0 Å². The lowest BCUT2D eigenvalue weighted by Gasteiger charge is -2.11. The monoisotopic (exact) mass is 381 g/mol. The number of rotatable bonds is 7. The smallest absolute Gasteiger partial charge is 0.251 e. The van der Waals surface area contributed by atoms with E-state index in [9.17, 15) is 4.79 Å². The Morgan fingerprint density at radius 2 is 2.18 bits per heavy atom. The highest BCUT2D eigenvalue weighted by molar-refractivity contribution is 9.10. The Balaban J connectivity index is 1.91. The van der Waals surface area contributed by atoms with E-state index in [1.54, 1.807) is 23.5 Å². The summed E-state index contributed by atoms with van der Waals surface area (Å²) >= 11 is 5.10. The van der Waals surface area contributed by atoms with E-state index in [1.165, 1.54) is 0 Å². The average Bonchev–Trinajstić information content (AvgIpc) is 2.99. The number of benzene rings is 1. The quantitative estimate of drug-likeness (QED) is 0.742. The van der Waals surface area contributed by atoms with Gasteiger partial charge in [-0.1, -0.05) is 19.9 Å². The number of hydrogen-bond acceptors (Lipinski definition) is 3. The van der Waals surface area contributed by atoms with Gasteiger partial charge in [-0.15, -0.1) is 11.3 Å². The predicted molar refractivity (Wildman–Crippen MR) is 94.6 cm³/mol. The maximum atomic E-state index is 12.1. The van der Waals surface area contributed by atoms with Crippen LogP contribution in [0.15, 0.2) is 40.2 Å². The Bertz CT molecular complexity index is 611. The number of ether oxygens (including phenoxy) is 1. The van der Waals surface area contributed by atoms with Gasteiger partial charge >= 0.3 is 0 Å². The Kier molecular flexibility index (Phi) is 6.46. The standard InChI is InChI=1S/C17H20BrNO2S/c1-12(2)7-8-21-16-6-5-13(10-15(16)18)17(20)19-11-14-4-3-9-22-14/h3-6,9-10,12H,7-8,11H2,1-2H3,(H,19,20). The van der Waals surface area contributed by atoms with Crippen LogP contribution in [-0.4, -0.2) is 12.5 Å². The van der Waals surface area contributed by atoms with Crippen molar-refractivity contribution in [3.8, 4) is 5.75 Å². The summed E-state index contributed by atoms with van der Waals surface area (Å²) in [5, 5.41) is 4.92. The third kappa shape index (κ3) is 5.14. The molecule has 0 saturated carbocycles. The zero-order valence-corrected chi connectivity index (χ0v) is 15.2. The number of thiophene rings is 1. The molecule has 3 nitrogen and oxygen atoms in total. The highest BCUT2D eigenvalue weighted by atomic mass is 79.9. The van der Waals surface area contributed by atoms with Crippen LogP contribution in [0.4, 0.5) is 0 Å². The van der Waals surface area contributed by atoms with Gasteiger partial charge in [0.1, 0.15) is 5.75 Å². The van der Waals surface area contributed by atoms with Gasteiger partial charge in [0.05, 0.1) is 17.6 Å². The molecule has 2 rings (SSSR count). The van der Waals surface area contributed by atoms with E-state index in [2.05, 4.69) is 35.1 Å². The number of amides is 1. The van der Waals surface area contributed by atoms with Crippen LogP contribution in [0.2, 0.25) is 0 Å². The van der Waals surface area contributed by atoms with Crippen molar-refractivity contribution >= 4 is 33.2 Å². The van der Waals surface area contributed by atoms with Gasteiger partial charge in [-0.3, -0.25) is 4.79 Å². The van der Waals surface area contributed by atoms with Crippen LogP contribution in [-0.2, 0) is 6.54 Å². The van der Waals surface area contributed by atoms with Crippen LogP contribution in [0.5, 0.6) is 5.75 Å². The van der Waals surface area contributed by atoms with Crippen molar-refractivity contribution < 1.29 is 9.53 Å². The lowest BCUT2D eigenvalue weighted by molar-refractivity contribution is 0.0951. The van der Waals surface area contributed by atoms with E-state index >= 15 is 0 Å². The molecule has 2 aromatic rings. The van der Waals surface area contributed by atoms with Crippen LogP contribution in [0, 0.1) is 5.92 Å². The number of carbonyl (C=O) groups excluding carboxylic acids is 1. The van der Waals surface area contributed by atoms with E-state index in [0.29, 0.717) is 24.6 Å². The highest BCUT2D eigenvalue weighted by Crippen LogP contribution is 2.26. The second kappa shape index (κ2) is 8.34. The highest BCUT2D eigenvalue weighted by Gasteiger charge is 2.09. The lowest BCUT2D eigenvalue weighted by Crippen LogP contribution is -2.22. The van der Waals surface area contributed by atoms with Crippen LogP contribution in [0.25, 0.3) is 0 Å². The van der Waals surface area contributed by atoms with Crippen molar-refractivity contribution in [1.29, 1.82) is 0 Å². The fourth-order valence-electron chi connectivity index (χ4n) is 1.85. The summed E-state index contributed by atoms with van der Waals surface area (Å²) in [5.41, 5.74) is 0.625. The van der Waals surface area contributed by atoms with Gasteiger partial charge in [0, 0.05) is 10.4 Å². The van der Waals surface area contributed by atoms with Crippen LogP contribution >= 0.6 is 27.3 Å². The molecule has 0 spiro atoms.